The average Bonchev–Trinajstić information content (AvgIpc) is 3.87. The Morgan fingerprint density at radius 2 is 0.772 bits per heavy atom. The number of anilines is 3. The quantitative estimate of drug-likeness (QED) is 0.162. The van der Waals surface area contributed by atoms with Crippen LogP contribution in [0, 0.1) is 0 Å². The van der Waals surface area contributed by atoms with E-state index in [1.165, 1.54) is 70.1 Å². The van der Waals surface area contributed by atoms with Crippen molar-refractivity contribution in [3.63, 3.8) is 0 Å². The van der Waals surface area contributed by atoms with Crippen LogP contribution in [0.1, 0.15) is 0 Å². The van der Waals surface area contributed by atoms with E-state index in [0.717, 1.165) is 33.6 Å². The molecule has 0 spiro atoms. The van der Waals surface area contributed by atoms with Gasteiger partial charge in [-0.3, -0.25) is 0 Å². The van der Waals surface area contributed by atoms with Gasteiger partial charge in [0.15, 0.2) is 0 Å². The number of fused-ring (bicyclic) bond motifs is 7. The topological polar surface area (TPSA) is 16.4 Å². The maximum Gasteiger partial charge on any atom is 0.144 e. The maximum absolute atomic E-state index is 6.53. The number of benzene rings is 9. The van der Waals surface area contributed by atoms with Gasteiger partial charge in [0, 0.05) is 48.0 Å². The van der Waals surface area contributed by atoms with Crippen molar-refractivity contribution in [2.75, 3.05) is 4.90 Å². The summed E-state index contributed by atoms with van der Waals surface area (Å²) in [7, 11) is 0. The van der Waals surface area contributed by atoms with Crippen molar-refractivity contribution in [1.29, 1.82) is 0 Å². The predicted octanol–water partition coefficient (Wildman–Crippen LogP) is 16.1. The minimum atomic E-state index is 0.928. The summed E-state index contributed by atoms with van der Waals surface area (Å²) < 4.78 is 9.05. The highest BCUT2D eigenvalue weighted by molar-refractivity contribution is 7.26. The molecule has 0 amide bonds. The Kier molecular flexibility index (Phi) is 8.04. The molecule has 0 saturated heterocycles. The zero-order valence-corrected chi connectivity index (χ0v) is 31.8. The molecule has 0 aliphatic carbocycles. The van der Waals surface area contributed by atoms with Crippen molar-refractivity contribution in [3.05, 3.63) is 212 Å². The Labute approximate surface area is 335 Å². The summed E-state index contributed by atoms with van der Waals surface area (Å²) in [4.78, 5) is 2.33. The van der Waals surface area contributed by atoms with Crippen LogP contribution in [0.15, 0.2) is 217 Å². The summed E-state index contributed by atoms with van der Waals surface area (Å²) in [6.45, 7) is 0. The lowest BCUT2D eigenvalue weighted by Crippen LogP contribution is -2.09. The van der Waals surface area contributed by atoms with Crippen LogP contribution in [0.25, 0.3) is 86.6 Å². The number of hydrogen-bond acceptors (Lipinski definition) is 3. The van der Waals surface area contributed by atoms with Crippen LogP contribution >= 0.6 is 11.3 Å². The molecule has 0 N–H and O–H groups in total. The molecule has 0 unspecified atom stereocenters. The van der Waals surface area contributed by atoms with Crippen molar-refractivity contribution in [1.82, 2.24) is 0 Å². The normalized spacial score (nSPS) is 11.5. The molecule has 0 fully saturated rings. The largest absolute Gasteiger partial charge is 0.455 e. The molecule has 2 nitrogen and oxygen atoms in total. The van der Waals surface area contributed by atoms with E-state index in [-0.39, 0.29) is 0 Å². The van der Waals surface area contributed by atoms with Gasteiger partial charge in [-0.25, -0.2) is 0 Å². The minimum absolute atomic E-state index is 0.928. The van der Waals surface area contributed by atoms with Crippen molar-refractivity contribution < 1.29 is 4.42 Å². The highest BCUT2D eigenvalue weighted by Crippen LogP contribution is 2.45. The zero-order valence-electron chi connectivity index (χ0n) is 31.0. The van der Waals surface area contributed by atoms with E-state index in [2.05, 4.69) is 211 Å². The fourth-order valence-corrected chi connectivity index (χ4v) is 9.42. The fraction of sp³-hybridized carbons (Fsp3) is 0. The molecular weight excluding hydrogens is 711 g/mol. The maximum atomic E-state index is 6.53. The molecule has 57 heavy (non-hydrogen) atoms. The van der Waals surface area contributed by atoms with E-state index >= 15 is 0 Å². The molecule has 0 saturated carbocycles. The second kappa shape index (κ2) is 13.8. The summed E-state index contributed by atoms with van der Waals surface area (Å²) in [5.41, 5.74) is 14.8. The van der Waals surface area contributed by atoms with Gasteiger partial charge >= 0.3 is 0 Å². The van der Waals surface area contributed by atoms with Gasteiger partial charge in [-0.05, 0) is 105 Å². The third kappa shape index (κ3) is 5.88. The van der Waals surface area contributed by atoms with Crippen LogP contribution in [-0.2, 0) is 0 Å². The molecule has 0 radical (unpaired) electrons. The van der Waals surface area contributed by atoms with Gasteiger partial charge in [-0.2, -0.15) is 0 Å². The number of hydrogen-bond donors (Lipinski definition) is 0. The lowest BCUT2D eigenvalue weighted by molar-refractivity contribution is 0.673. The number of rotatable bonds is 7. The van der Waals surface area contributed by atoms with Crippen LogP contribution in [0.3, 0.4) is 0 Å². The van der Waals surface area contributed by atoms with Gasteiger partial charge in [-0.1, -0.05) is 152 Å². The third-order valence-corrected chi connectivity index (χ3v) is 12.2. The van der Waals surface area contributed by atoms with E-state index in [0.29, 0.717) is 0 Å². The molecular formula is C54H35NOS. The molecule has 9 aromatic carbocycles. The molecule has 0 bridgehead atoms. The zero-order chi connectivity index (χ0) is 37.7. The second-order valence-corrected chi connectivity index (χ2v) is 15.6. The summed E-state index contributed by atoms with van der Waals surface area (Å²) in [6.07, 6.45) is 0. The van der Waals surface area contributed by atoms with E-state index in [1.807, 2.05) is 17.4 Å². The second-order valence-electron chi connectivity index (χ2n) is 14.5. The standard InChI is InChI=1S/C54H35NOS/c1-3-10-36(11-4-1)39-22-28-43(29-23-39)55(44-30-24-40(25-31-44)37-12-5-2-6-13-37)45-32-26-41(27-33-45)38-18-20-42(21-19-38)46-15-9-17-50-52(46)53-51(57-50)35-34-48-47-14-7-8-16-49(47)56-54(48)53/h1-35H. The Bertz CT molecular complexity index is 3100. The number of nitrogens with zero attached hydrogens (tertiary/aromatic N) is 1. The highest BCUT2D eigenvalue weighted by Gasteiger charge is 2.18. The van der Waals surface area contributed by atoms with E-state index in [9.17, 15) is 0 Å². The SMILES string of the molecule is c1ccc(-c2ccc(N(c3ccc(-c4ccccc4)cc3)c3ccc(-c4ccc(-c5cccc6sc7ccc8c9ccccc9oc8c7c56)cc4)cc3)cc2)cc1. The van der Waals surface area contributed by atoms with Crippen LogP contribution in [0.2, 0.25) is 0 Å². The molecule has 2 heterocycles. The smallest absolute Gasteiger partial charge is 0.144 e. The first-order valence-corrected chi connectivity index (χ1v) is 20.1. The van der Waals surface area contributed by atoms with Gasteiger partial charge in [0.25, 0.3) is 0 Å². The molecule has 2 aromatic heterocycles. The number of thiophene rings is 1. The summed E-state index contributed by atoms with van der Waals surface area (Å²) in [5.74, 6) is 0. The van der Waals surface area contributed by atoms with Gasteiger partial charge in [0.2, 0.25) is 0 Å². The van der Waals surface area contributed by atoms with Gasteiger partial charge in [0.05, 0.1) is 0 Å². The van der Waals surface area contributed by atoms with E-state index in [1.54, 1.807) is 0 Å². The Balaban J connectivity index is 0.939. The number of para-hydroxylation sites is 1. The average molecular weight is 746 g/mol. The first-order chi connectivity index (χ1) is 28.2. The van der Waals surface area contributed by atoms with E-state index in [4.69, 9.17) is 4.42 Å². The molecule has 11 aromatic rings. The van der Waals surface area contributed by atoms with Crippen LogP contribution < -0.4 is 4.90 Å². The Morgan fingerprint density at radius 3 is 1.33 bits per heavy atom. The lowest BCUT2D eigenvalue weighted by Gasteiger charge is -2.26. The summed E-state index contributed by atoms with van der Waals surface area (Å²) in [5, 5.41) is 4.78. The molecule has 11 rings (SSSR count). The lowest BCUT2D eigenvalue weighted by atomic mass is 9.96. The highest BCUT2D eigenvalue weighted by atomic mass is 32.1. The minimum Gasteiger partial charge on any atom is -0.455 e. The monoisotopic (exact) mass is 745 g/mol. The van der Waals surface area contributed by atoms with Crippen molar-refractivity contribution in [2.24, 2.45) is 0 Å². The van der Waals surface area contributed by atoms with Crippen LogP contribution in [-0.4, -0.2) is 0 Å². The van der Waals surface area contributed by atoms with Crippen molar-refractivity contribution in [3.8, 4) is 44.5 Å². The number of furan rings is 1. The predicted molar refractivity (Wildman–Crippen MR) is 243 cm³/mol. The van der Waals surface area contributed by atoms with Crippen molar-refractivity contribution in [2.45, 2.75) is 0 Å². The van der Waals surface area contributed by atoms with Crippen LogP contribution in [0.4, 0.5) is 17.1 Å². The molecule has 0 atom stereocenters. The first kappa shape index (κ1) is 33.2. The molecule has 3 heteroatoms. The molecule has 0 aliphatic heterocycles. The molecule has 0 aliphatic rings. The van der Waals surface area contributed by atoms with Crippen molar-refractivity contribution >= 4 is 70.5 Å². The third-order valence-electron chi connectivity index (χ3n) is 11.1. The van der Waals surface area contributed by atoms with E-state index < -0.39 is 0 Å². The van der Waals surface area contributed by atoms with Crippen LogP contribution in [0.5, 0.6) is 0 Å². The summed E-state index contributed by atoms with van der Waals surface area (Å²) in [6, 6.07) is 76.2. The Morgan fingerprint density at radius 1 is 0.316 bits per heavy atom. The van der Waals surface area contributed by atoms with Gasteiger partial charge in [0.1, 0.15) is 11.2 Å². The first-order valence-electron chi connectivity index (χ1n) is 19.3. The molecule has 268 valence electrons. The van der Waals surface area contributed by atoms with Gasteiger partial charge < -0.3 is 9.32 Å². The Hall–Kier alpha value is -7.20. The fourth-order valence-electron chi connectivity index (χ4n) is 8.29. The summed E-state index contributed by atoms with van der Waals surface area (Å²) >= 11 is 1.83. The van der Waals surface area contributed by atoms with Gasteiger partial charge in [-0.15, -0.1) is 11.3 Å².